The molecule has 6 nitrogen and oxygen atoms in total. The largest absolute Gasteiger partial charge is 0.489 e. The number of hydrogen-bond donors (Lipinski definition) is 2. The van der Waals surface area contributed by atoms with Crippen LogP contribution in [0.25, 0.3) is 0 Å². The van der Waals surface area contributed by atoms with Crippen molar-refractivity contribution in [2.45, 2.75) is 26.0 Å². The number of para-hydroxylation sites is 2. The molecule has 1 aliphatic carbocycles. The van der Waals surface area contributed by atoms with Crippen molar-refractivity contribution in [3.63, 3.8) is 0 Å². The van der Waals surface area contributed by atoms with Crippen molar-refractivity contribution in [3.8, 4) is 5.75 Å². The van der Waals surface area contributed by atoms with Crippen molar-refractivity contribution in [1.82, 2.24) is 0 Å². The molecule has 0 amide bonds. The van der Waals surface area contributed by atoms with Gasteiger partial charge in [-0.05, 0) is 47.7 Å². The molecule has 0 saturated heterocycles. The van der Waals surface area contributed by atoms with Crippen LogP contribution in [-0.4, -0.2) is 18.9 Å². The minimum Gasteiger partial charge on any atom is -0.489 e. The summed E-state index contributed by atoms with van der Waals surface area (Å²) in [5.74, 6) is -0.928. The van der Waals surface area contributed by atoms with Gasteiger partial charge in [0.05, 0.1) is 24.5 Å². The van der Waals surface area contributed by atoms with Crippen LogP contribution >= 0.6 is 0 Å². The van der Waals surface area contributed by atoms with Crippen LogP contribution < -0.4 is 15.4 Å². The van der Waals surface area contributed by atoms with E-state index in [4.69, 9.17) is 9.47 Å². The maximum absolute atomic E-state index is 13.7. The molecule has 6 heteroatoms. The fourth-order valence-corrected chi connectivity index (χ4v) is 4.88. The number of fused-ring (bicyclic) bond motifs is 1. The molecule has 0 saturated carbocycles. The van der Waals surface area contributed by atoms with E-state index in [0.717, 1.165) is 33.9 Å². The standard InChI is InChI=1S/C29H28N2O4/c1-18-16-24-26(28(32)25(18)29(33)34-2)27(31-23-11-7-6-10-22(23)30-24)20-12-14-21(15-13-20)35-17-19-8-4-3-5-9-19/h3-15,18,25,27,30-31H,16-17H2,1-2H3/t18-,25-,27-/m1/s1. The first kappa shape index (κ1) is 22.7. The highest BCUT2D eigenvalue weighted by atomic mass is 16.5. The molecule has 0 fully saturated rings. The van der Waals surface area contributed by atoms with E-state index in [1.807, 2.05) is 85.8 Å². The molecule has 0 spiro atoms. The Morgan fingerprint density at radius 2 is 1.63 bits per heavy atom. The van der Waals surface area contributed by atoms with Gasteiger partial charge in [0.1, 0.15) is 18.3 Å². The highest BCUT2D eigenvalue weighted by Crippen LogP contribution is 2.43. The van der Waals surface area contributed by atoms with E-state index in [1.54, 1.807) is 0 Å². The van der Waals surface area contributed by atoms with Crippen LogP contribution in [0.2, 0.25) is 0 Å². The van der Waals surface area contributed by atoms with Gasteiger partial charge in [0, 0.05) is 11.3 Å². The number of esters is 1. The van der Waals surface area contributed by atoms with Crippen molar-refractivity contribution >= 4 is 23.1 Å². The van der Waals surface area contributed by atoms with Crippen molar-refractivity contribution in [3.05, 3.63) is 101 Å². The number of ketones is 1. The summed E-state index contributed by atoms with van der Waals surface area (Å²) in [6, 6.07) is 25.2. The fraction of sp³-hybridized carbons (Fsp3) is 0.241. The first-order valence-electron chi connectivity index (χ1n) is 11.8. The highest BCUT2D eigenvalue weighted by molar-refractivity contribution is 6.11. The molecular weight excluding hydrogens is 440 g/mol. The molecule has 5 rings (SSSR count). The third-order valence-corrected chi connectivity index (χ3v) is 6.69. The van der Waals surface area contributed by atoms with Gasteiger partial charge in [0.2, 0.25) is 0 Å². The molecule has 0 unspecified atom stereocenters. The summed E-state index contributed by atoms with van der Waals surface area (Å²) in [7, 11) is 1.33. The summed E-state index contributed by atoms with van der Waals surface area (Å²) in [4.78, 5) is 26.2. The number of carbonyl (C=O) groups is 2. The van der Waals surface area contributed by atoms with Crippen molar-refractivity contribution in [1.29, 1.82) is 0 Å². The number of hydrogen-bond acceptors (Lipinski definition) is 6. The van der Waals surface area contributed by atoms with E-state index >= 15 is 0 Å². The van der Waals surface area contributed by atoms with Crippen LogP contribution in [-0.2, 0) is 20.9 Å². The van der Waals surface area contributed by atoms with Crippen LogP contribution in [0.3, 0.4) is 0 Å². The molecule has 2 aliphatic rings. The third kappa shape index (κ3) is 4.52. The van der Waals surface area contributed by atoms with Gasteiger partial charge in [-0.25, -0.2) is 0 Å². The lowest BCUT2D eigenvalue weighted by molar-refractivity contribution is -0.151. The lowest BCUT2D eigenvalue weighted by Gasteiger charge is -2.32. The van der Waals surface area contributed by atoms with Crippen LogP contribution in [0.1, 0.15) is 30.5 Å². The molecule has 0 bridgehead atoms. The Morgan fingerprint density at radius 1 is 0.943 bits per heavy atom. The summed E-state index contributed by atoms with van der Waals surface area (Å²) in [6.07, 6.45) is 0.575. The number of Topliss-reactive ketones (excluding diaryl/α,β-unsaturated/α-hetero) is 1. The molecule has 0 radical (unpaired) electrons. The second-order valence-electron chi connectivity index (χ2n) is 9.03. The molecule has 3 aromatic rings. The zero-order valence-corrected chi connectivity index (χ0v) is 19.8. The third-order valence-electron chi connectivity index (χ3n) is 6.69. The molecule has 1 heterocycles. The average Bonchev–Trinajstić information content (AvgIpc) is 3.05. The van der Waals surface area contributed by atoms with Crippen LogP contribution in [0.15, 0.2) is 90.1 Å². The SMILES string of the molecule is COC(=O)[C@H]1C(=O)C2=C(C[C@H]1C)Nc1ccccc1N[C@@H]2c1ccc(OCc2ccccc2)cc1. The quantitative estimate of drug-likeness (QED) is 0.381. The Labute approximate surface area is 205 Å². The van der Waals surface area contributed by atoms with Crippen LogP contribution in [0, 0.1) is 11.8 Å². The van der Waals surface area contributed by atoms with Gasteiger partial charge in [-0.3, -0.25) is 9.59 Å². The first-order valence-corrected chi connectivity index (χ1v) is 11.8. The summed E-state index contributed by atoms with van der Waals surface area (Å²) in [5, 5.41) is 7.01. The maximum Gasteiger partial charge on any atom is 0.316 e. The number of nitrogens with one attached hydrogen (secondary N) is 2. The Bertz CT molecular complexity index is 1270. The summed E-state index contributed by atoms with van der Waals surface area (Å²) in [6.45, 7) is 2.40. The minimum atomic E-state index is -0.820. The Hall–Kier alpha value is -4.06. The number of methoxy groups -OCH3 is 1. The molecule has 1 aliphatic heterocycles. The van der Waals surface area contributed by atoms with E-state index in [9.17, 15) is 9.59 Å². The molecule has 178 valence electrons. The monoisotopic (exact) mass is 468 g/mol. The van der Waals surface area contributed by atoms with Crippen molar-refractivity contribution < 1.29 is 19.1 Å². The number of benzene rings is 3. The van der Waals surface area contributed by atoms with Crippen molar-refractivity contribution in [2.75, 3.05) is 17.7 Å². The highest BCUT2D eigenvalue weighted by Gasteiger charge is 2.44. The van der Waals surface area contributed by atoms with Gasteiger partial charge in [-0.1, -0.05) is 61.5 Å². The molecule has 35 heavy (non-hydrogen) atoms. The van der Waals surface area contributed by atoms with E-state index in [1.165, 1.54) is 7.11 Å². The molecule has 2 N–H and O–H groups in total. The Kier molecular flexibility index (Phi) is 6.27. The predicted octanol–water partition coefficient (Wildman–Crippen LogP) is 5.50. The normalized spacial score (nSPS) is 21.1. The first-order chi connectivity index (χ1) is 17.0. The topological polar surface area (TPSA) is 76.7 Å². The molecule has 3 aromatic carbocycles. The average molecular weight is 469 g/mol. The lowest BCUT2D eigenvalue weighted by Crippen LogP contribution is -2.39. The summed E-state index contributed by atoms with van der Waals surface area (Å²) in [5.41, 5.74) is 5.22. The predicted molar refractivity (Wildman–Crippen MR) is 135 cm³/mol. The minimum absolute atomic E-state index is 0.166. The van der Waals surface area contributed by atoms with Gasteiger partial charge in [0.25, 0.3) is 0 Å². The van der Waals surface area contributed by atoms with E-state index < -0.39 is 17.9 Å². The van der Waals surface area contributed by atoms with Gasteiger partial charge < -0.3 is 20.1 Å². The van der Waals surface area contributed by atoms with Gasteiger partial charge in [-0.2, -0.15) is 0 Å². The second kappa shape index (κ2) is 9.66. The zero-order chi connectivity index (χ0) is 24.4. The number of carbonyl (C=O) groups excluding carboxylic acids is 2. The van der Waals surface area contributed by atoms with Gasteiger partial charge in [-0.15, -0.1) is 0 Å². The Balaban J connectivity index is 1.48. The lowest BCUT2D eigenvalue weighted by atomic mass is 9.75. The zero-order valence-electron chi connectivity index (χ0n) is 19.8. The Morgan fingerprint density at radius 3 is 2.34 bits per heavy atom. The van der Waals surface area contributed by atoms with Gasteiger partial charge >= 0.3 is 5.97 Å². The van der Waals surface area contributed by atoms with E-state index in [2.05, 4.69) is 10.6 Å². The van der Waals surface area contributed by atoms with E-state index in [-0.39, 0.29) is 11.7 Å². The van der Waals surface area contributed by atoms with Crippen molar-refractivity contribution in [2.24, 2.45) is 11.8 Å². The summed E-state index contributed by atoms with van der Waals surface area (Å²) >= 11 is 0. The molecule has 0 aromatic heterocycles. The molecular formula is C29H28N2O4. The fourth-order valence-electron chi connectivity index (χ4n) is 4.88. The smallest absolute Gasteiger partial charge is 0.316 e. The number of rotatable bonds is 5. The van der Waals surface area contributed by atoms with Crippen LogP contribution in [0.4, 0.5) is 11.4 Å². The second-order valence-corrected chi connectivity index (χ2v) is 9.03. The van der Waals surface area contributed by atoms with Gasteiger partial charge in [0.15, 0.2) is 5.78 Å². The number of allylic oxidation sites excluding steroid dienone is 1. The maximum atomic E-state index is 13.7. The number of ether oxygens (including phenoxy) is 2. The summed E-state index contributed by atoms with van der Waals surface area (Å²) < 4.78 is 10.9. The molecule has 3 atom stereocenters. The van der Waals surface area contributed by atoms with Crippen LogP contribution in [0.5, 0.6) is 5.75 Å². The van der Waals surface area contributed by atoms with E-state index in [0.29, 0.717) is 18.6 Å². The number of anilines is 2.